The Morgan fingerprint density at radius 2 is 0.933 bits per heavy atom. The molecule has 0 radical (unpaired) electrons. The van der Waals surface area contributed by atoms with Gasteiger partial charge in [0.1, 0.15) is 0 Å². The molecule has 0 aliphatic heterocycles. The molecule has 1 aromatic heterocycles. The van der Waals surface area contributed by atoms with Crippen LogP contribution in [0.4, 0.5) is 0 Å². The molecule has 2 aromatic carbocycles. The second kappa shape index (κ2) is 9.75. The van der Waals surface area contributed by atoms with Crippen LogP contribution in [0.2, 0.25) is 50.2 Å². The van der Waals surface area contributed by atoms with E-state index < -0.39 is 6.61 Å². The van der Waals surface area contributed by atoms with E-state index in [-0.39, 0.29) is 67.0 Å². The normalized spacial score (nSPS) is 11.3. The zero-order chi connectivity index (χ0) is 22.5. The highest BCUT2D eigenvalue weighted by molar-refractivity contribution is 6.57. The smallest absolute Gasteiger partial charge is 0.0809 e. The monoisotopic (exact) mass is 601 g/mol. The Morgan fingerprint density at radius 1 is 0.567 bits per heavy atom. The van der Waals surface area contributed by atoms with Gasteiger partial charge in [0.25, 0.3) is 0 Å². The quantitative estimate of drug-likeness (QED) is 0.238. The lowest BCUT2D eigenvalue weighted by Crippen LogP contribution is -1.98. The van der Waals surface area contributed by atoms with Crippen molar-refractivity contribution in [1.82, 2.24) is 4.98 Å². The third-order valence-corrected chi connectivity index (χ3v) is 8.64. The molecular formula is C18H5Cl10NO. The Bertz CT molecular complexity index is 1140. The van der Waals surface area contributed by atoms with Gasteiger partial charge in [-0.15, -0.1) is 0 Å². The molecular weight excluding hydrogens is 601 g/mol. The number of halogens is 10. The predicted octanol–water partition coefficient (Wildman–Crippen LogP) is 10.4. The van der Waals surface area contributed by atoms with Gasteiger partial charge in [0.2, 0.25) is 0 Å². The molecule has 0 aliphatic rings. The summed E-state index contributed by atoms with van der Waals surface area (Å²) in [5.41, 5.74) is 1.46. The lowest BCUT2D eigenvalue weighted by molar-refractivity contribution is 0.282. The molecule has 0 bridgehead atoms. The standard InChI is InChI=1S/C18H5Cl10NO/c19-8-6(9(20)13(24)16(27)12(8)23)4-1-5(3-30)18(29-2-4)7-10(21)14(25)17(28)15(26)11(7)22/h1-2,30H,3H2. The van der Waals surface area contributed by atoms with Gasteiger partial charge in [-0.05, 0) is 6.07 Å². The van der Waals surface area contributed by atoms with Crippen LogP contribution in [0.3, 0.4) is 0 Å². The van der Waals surface area contributed by atoms with Gasteiger partial charge in [0.05, 0.1) is 62.5 Å². The van der Waals surface area contributed by atoms with E-state index in [2.05, 4.69) is 4.98 Å². The van der Waals surface area contributed by atoms with Crippen molar-refractivity contribution in [2.24, 2.45) is 0 Å². The summed E-state index contributed by atoms with van der Waals surface area (Å²) in [6, 6.07) is 1.57. The molecule has 3 aromatic rings. The number of benzene rings is 2. The van der Waals surface area contributed by atoms with Gasteiger partial charge in [-0.25, -0.2) is 0 Å². The molecule has 1 N–H and O–H groups in total. The summed E-state index contributed by atoms with van der Waals surface area (Å²) in [4.78, 5) is 4.37. The maximum absolute atomic E-state index is 9.96. The minimum absolute atomic E-state index is 0.000136. The van der Waals surface area contributed by atoms with Gasteiger partial charge < -0.3 is 5.11 Å². The largest absolute Gasteiger partial charge is 0.392 e. The molecule has 12 heteroatoms. The molecule has 0 spiro atoms. The number of nitrogens with zero attached hydrogens (tertiary/aromatic N) is 1. The molecule has 158 valence electrons. The zero-order valence-electron chi connectivity index (χ0n) is 14.0. The lowest BCUT2D eigenvalue weighted by atomic mass is 10.0. The van der Waals surface area contributed by atoms with Crippen LogP contribution < -0.4 is 0 Å². The molecule has 0 atom stereocenters. The number of aliphatic hydroxyl groups excluding tert-OH is 1. The van der Waals surface area contributed by atoms with Crippen LogP contribution in [-0.4, -0.2) is 10.1 Å². The topological polar surface area (TPSA) is 33.1 Å². The first-order valence-electron chi connectivity index (χ1n) is 7.66. The maximum Gasteiger partial charge on any atom is 0.0809 e. The third-order valence-electron chi connectivity index (χ3n) is 4.08. The minimum Gasteiger partial charge on any atom is -0.392 e. The van der Waals surface area contributed by atoms with E-state index in [1.807, 2.05) is 0 Å². The van der Waals surface area contributed by atoms with Crippen LogP contribution in [0.1, 0.15) is 5.56 Å². The Kier molecular flexibility index (Phi) is 8.15. The van der Waals surface area contributed by atoms with E-state index in [1.54, 1.807) is 6.07 Å². The molecule has 0 amide bonds. The second-order valence-electron chi connectivity index (χ2n) is 5.78. The average Bonchev–Trinajstić information content (AvgIpc) is 2.74. The van der Waals surface area contributed by atoms with Crippen molar-refractivity contribution in [3.8, 4) is 22.4 Å². The molecule has 0 unspecified atom stereocenters. The van der Waals surface area contributed by atoms with Crippen LogP contribution in [0, 0.1) is 0 Å². The molecule has 1 heterocycles. The fourth-order valence-electron chi connectivity index (χ4n) is 2.66. The fourth-order valence-corrected chi connectivity index (χ4v) is 5.34. The Hall–Kier alpha value is 0.450. The minimum atomic E-state index is -0.439. The maximum atomic E-state index is 9.96. The van der Waals surface area contributed by atoms with Crippen molar-refractivity contribution in [2.45, 2.75) is 6.61 Å². The summed E-state index contributed by atoms with van der Waals surface area (Å²) in [6.45, 7) is -0.439. The summed E-state index contributed by atoms with van der Waals surface area (Å²) in [7, 11) is 0. The molecule has 30 heavy (non-hydrogen) atoms. The van der Waals surface area contributed by atoms with Gasteiger partial charge in [0, 0.05) is 28.5 Å². The number of hydrogen-bond acceptors (Lipinski definition) is 2. The average molecular weight is 606 g/mol. The van der Waals surface area contributed by atoms with Crippen molar-refractivity contribution >= 4 is 116 Å². The summed E-state index contributed by atoms with van der Waals surface area (Å²) in [6.07, 6.45) is 1.42. The molecule has 0 aliphatic carbocycles. The number of pyridine rings is 1. The van der Waals surface area contributed by atoms with Gasteiger partial charge in [0.15, 0.2) is 0 Å². The van der Waals surface area contributed by atoms with Crippen LogP contribution in [0.25, 0.3) is 22.4 Å². The van der Waals surface area contributed by atoms with Gasteiger partial charge in [-0.1, -0.05) is 116 Å². The molecule has 2 nitrogen and oxygen atoms in total. The molecule has 3 rings (SSSR count). The van der Waals surface area contributed by atoms with E-state index in [0.29, 0.717) is 11.1 Å². The van der Waals surface area contributed by atoms with Gasteiger partial charge in [-0.2, -0.15) is 0 Å². The first-order chi connectivity index (χ1) is 14.0. The number of hydrogen-bond donors (Lipinski definition) is 1. The van der Waals surface area contributed by atoms with E-state index in [9.17, 15) is 5.11 Å². The van der Waals surface area contributed by atoms with Crippen molar-refractivity contribution in [1.29, 1.82) is 0 Å². The Balaban J connectivity index is 2.31. The third kappa shape index (κ3) is 4.20. The molecule has 0 fully saturated rings. The summed E-state index contributed by atoms with van der Waals surface area (Å²) in [5.74, 6) is 0. The van der Waals surface area contributed by atoms with Crippen molar-refractivity contribution in [3.63, 3.8) is 0 Å². The van der Waals surface area contributed by atoms with Crippen LogP contribution in [0.15, 0.2) is 12.3 Å². The van der Waals surface area contributed by atoms with E-state index in [4.69, 9.17) is 116 Å². The summed E-state index contributed by atoms with van der Waals surface area (Å²) in [5, 5.41) is 10.2. The SMILES string of the molecule is OCc1cc(-c2c(Cl)c(Cl)c(Cl)c(Cl)c2Cl)cnc1-c1c(Cl)c(Cl)c(Cl)c(Cl)c1Cl. The van der Waals surface area contributed by atoms with E-state index >= 15 is 0 Å². The van der Waals surface area contributed by atoms with Crippen molar-refractivity contribution in [3.05, 3.63) is 68.1 Å². The zero-order valence-corrected chi connectivity index (χ0v) is 21.6. The lowest BCUT2D eigenvalue weighted by Gasteiger charge is -2.17. The van der Waals surface area contributed by atoms with Crippen molar-refractivity contribution in [2.75, 3.05) is 0 Å². The van der Waals surface area contributed by atoms with Crippen LogP contribution in [-0.2, 0) is 6.61 Å². The molecule has 0 saturated carbocycles. The first kappa shape index (κ1) is 25.1. The summed E-state index contributed by atoms with van der Waals surface area (Å²) >= 11 is 62.0. The Morgan fingerprint density at radius 3 is 1.33 bits per heavy atom. The van der Waals surface area contributed by atoms with E-state index in [1.165, 1.54) is 6.20 Å². The van der Waals surface area contributed by atoms with Gasteiger partial charge in [-0.3, -0.25) is 4.98 Å². The first-order valence-corrected chi connectivity index (χ1v) is 11.4. The number of aliphatic hydroxyl groups is 1. The second-order valence-corrected chi connectivity index (χ2v) is 9.56. The highest BCUT2D eigenvalue weighted by Crippen LogP contribution is 2.50. The highest BCUT2D eigenvalue weighted by atomic mass is 35.5. The van der Waals surface area contributed by atoms with E-state index in [0.717, 1.165) is 0 Å². The van der Waals surface area contributed by atoms with Gasteiger partial charge >= 0.3 is 0 Å². The van der Waals surface area contributed by atoms with Crippen molar-refractivity contribution < 1.29 is 5.11 Å². The predicted molar refractivity (Wildman–Crippen MR) is 131 cm³/mol. The number of rotatable bonds is 3. The highest BCUT2D eigenvalue weighted by Gasteiger charge is 2.25. The fraction of sp³-hybridized carbons (Fsp3) is 0.0556. The Labute approximate surface area is 221 Å². The molecule has 0 saturated heterocycles. The van der Waals surface area contributed by atoms with Crippen LogP contribution in [0.5, 0.6) is 0 Å². The summed E-state index contributed by atoms with van der Waals surface area (Å²) < 4.78 is 0. The number of aromatic nitrogens is 1. The van der Waals surface area contributed by atoms with Crippen LogP contribution >= 0.6 is 116 Å².